The summed E-state index contributed by atoms with van der Waals surface area (Å²) in [6, 6.07) is 7.98. The van der Waals surface area contributed by atoms with Crippen molar-refractivity contribution in [2.24, 2.45) is 0 Å². The molecule has 0 unspecified atom stereocenters. The molecule has 104 valence electrons. The minimum atomic E-state index is 0.489. The molecule has 0 amide bonds. The number of benzene rings is 1. The average molecular weight is 278 g/mol. The normalized spacial score (nSPS) is 11.6. The summed E-state index contributed by atoms with van der Waals surface area (Å²) in [5, 5.41) is 14.1. The van der Waals surface area contributed by atoms with Crippen molar-refractivity contribution in [3.05, 3.63) is 41.2 Å². The van der Waals surface area contributed by atoms with Crippen LogP contribution in [0.4, 0.5) is 0 Å². The molecule has 4 rings (SSSR count). The van der Waals surface area contributed by atoms with Gasteiger partial charge in [0.1, 0.15) is 5.52 Å². The van der Waals surface area contributed by atoms with Crippen LogP contribution in [0.15, 0.2) is 24.3 Å². The molecule has 21 heavy (non-hydrogen) atoms. The Labute approximate surface area is 120 Å². The molecule has 3 aromatic heterocycles. The molecule has 0 atom stereocenters. The van der Waals surface area contributed by atoms with E-state index in [-0.39, 0.29) is 0 Å². The first-order chi connectivity index (χ1) is 10.1. The molecule has 1 aromatic carbocycles. The Morgan fingerprint density at radius 1 is 1.05 bits per heavy atom. The molecule has 1 N–H and O–H groups in total. The molecule has 0 saturated carbocycles. The van der Waals surface area contributed by atoms with Gasteiger partial charge in [-0.25, -0.2) is 4.68 Å². The maximum atomic E-state index is 4.57. The van der Waals surface area contributed by atoms with Crippen LogP contribution >= 0.6 is 0 Å². The van der Waals surface area contributed by atoms with Crippen LogP contribution in [0.1, 0.15) is 17.0 Å². The van der Waals surface area contributed by atoms with Gasteiger partial charge in [0.05, 0.1) is 5.69 Å². The summed E-state index contributed by atoms with van der Waals surface area (Å²) in [5.41, 5.74) is 5.68. The lowest BCUT2D eigenvalue weighted by Gasteiger charge is -2.01. The van der Waals surface area contributed by atoms with Crippen LogP contribution in [0.2, 0.25) is 0 Å². The van der Waals surface area contributed by atoms with E-state index in [0.29, 0.717) is 5.95 Å². The van der Waals surface area contributed by atoms with Crippen molar-refractivity contribution >= 4 is 22.1 Å². The van der Waals surface area contributed by atoms with E-state index in [1.807, 2.05) is 45.0 Å². The quantitative estimate of drug-likeness (QED) is 0.581. The summed E-state index contributed by atoms with van der Waals surface area (Å²) >= 11 is 0. The molecule has 0 aliphatic rings. The number of fused-ring (bicyclic) bond motifs is 3. The summed E-state index contributed by atoms with van der Waals surface area (Å²) in [7, 11) is 0. The van der Waals surface area contributed by atoms with Gasteiger partial charge < -0.3 is 4.98 Å². The minimum absolute atomic E-state index is 0.489. The molecule has 0 bridgehead atoms. The molecule has 6 nitrogen and oxygen atoms in total. The second-order valence-electron chi connectivity index (χ2n) is 5.19. The minimum Gasteiger partial charge on any atom is -0.338 e. The third-order valence-electron chi connectivity index (χ3n) is 3.95. The largest absolute Gasteiger partial charge is 0.338 e. The van der Waals surface area contributed by atoms with Crippen LogP contribution in [-0.4, -0.2) is 29.9 Å². The zero-order chi connectivity index (χ0) is 14.6. The topological polar surface area (TPSA) is 72.3 Å². The third-order valence-corrected chi connectivity index (χ3v) is 3.95. The number of rotatable bonds is 1. The van der Waals surface area contributed by atoms with Gasteiger partial charge in [0.25, 0.3) is 5.95 Å². The summed E-state index contributed by atoms with van der Waals surface area (Å²) in [4.78, 5) is 7.84. The van der Waals surface area contributed by atoms with Crippen LogP contribution in [0.3, 0.4) is 0 Å². The molecule has 4 aromatic rings. The predicted molar refractivity (Wildman–Crippen MR) is 80.5 cm³/mol. The SMILES string of the molecule is Cc1nn(-c2nnc3c(n2)[nH]c2ccccc23)c(C)c1C. The van der Waals surface area contributed by atoms with Gasteiger partial charge in [-0.2, -0.15) is 10.1 Å². The van der Waals surface area contributed by atoms with Gasteiger partial charge in [-0.05, 0) is 32.4 Å². The molecule has 3 heterocycles. The lowest BCUT2D eigenvalue weighted by atomic mass is 10.2. The average Bonchev–Trinajstić information content (AvgIpc) is 2.99. The Kier molecular flexibility index (Phi) is 2.35. The number of aromatic nitrogens is 6. The van der Waals surface area contributed by atoms with Crippen molar-refractivity contribution in [1.29, 1.82) is 0 Å². The van der Waals surface area contributed by atoms with E-state index in [1.165, 1.54) is 0 Å². The van der Waals surface area contributed by atoms with E-state index in [4.69, 9.17) is 0 Å². The fraction of sp³-hybridized carbons (Fsp3) is 0.200. The van der Waals surface area contributed by atoms with E-state index >= 15 is 0 Å². The van der Waals surface area contributed by atoms with Gasteiger partial charge in [-0.15, -0.1) is 10.2 Å². The summed E-state index contributed by atoms with van der Waals surface area (Å²) in [6.45, 7) is 6.03. The standard InChI is InChI=1S/C15H14N6/c1-8-9(2)20-21(10(8)3)15-17-14-13(18-19-15)11-6-4-5-7-12(11)16-14/h4-7H,1-3H3,(H,16,17,19). The first-order valence-electron chi connectivity index (χ1n) is 6.79. The number of hydrogen-bond acceptors (Lipinski definition) is 4. The third kappa shape index (κ3) is 1.65. The number of para-hydroxylation sites is 1. The zero-order valence-electron chi connectivity index (χ0n) is 12.0. The maximum absolute atomic E-state index is 4.57. The van der Waals surface area contributed by atoms with Gasteiger partial charge in [0, 0.05) is 16.6 Å². The fourth-order valence-corrected chi connectivity index (χ4v) is 2.52. The summed E-state index contributed by atoms with van der Waals surface area (Å²) in [5.74, 6) is 0.489. The second kappa shape index (κ2) is 4.12. The molecule has 0 aliphatic carbocycles. The zero-order valence-corrected chi connectivity index (χ0v) is 12.0. The highest BCUT2D eigenvalue weighted by molar-refractivity contribution is 6.03. The van der Waals surface area contributed by atoms with Gasteiger partial charge in [0.15, 0.2) is 5.65 Å². The Morgan fingerprint density at radius 3 is 2.62 bits per heavy atom. The Morgan fingerprint density at radius 2 is 1.86 bits per heavy atom. The Bertz CT molecular complexity index is 979. The van der Waals surface area contributed by atoms with Crippen molar-refractivity contribution in [2.75, 3.05) is 0 Å². The predicted octanol–water partition coefficient (Wildman–Crippen LogP) is 2.62. The van der Waals surface area contributed by atoms with Crippen LogP contribution in [0.25, 0.3) is 28.0 Å². The van der Waals surface area contributed by atoms with Crippen LogP contribution in [0.5, 0.6) is 0 Å². The van der Waals surface area contributed by atoms with Crippen molar-refractivity contribution in [3.63, 3.8) is 0 Å². The number of aromatic amines is 1. The van der Waals surface area contributed by atoms with Crippen molar-refractivity contribution in [2.45, 2.75) is 20.8 Å². The van der Waals surface area contributed by atoms with Gasteiger partial charge >= 0.3 is 0 Å². The van der Waals surface area contributed by atoms with E-state index in [9.17, 15) is 0 Å². The number of hydrogen-bond donors (Lipinski definition) is 1. The molecule has 0 saturated heterocycles. The Balaban J connectivity index is 1.98. The van der Waals surface area contributed by atoms with Gasteiger partial charge in [0.2, 0.25) is 0 Å². The lowest BCUT2D eigenvalue weighted by Crippen LogP contribution is -2.06. The fourth-order valence-electron chi connectivity index (χ4n) is 2.52. The second-order valence-corrected chi connectivity index (χ2v) is 5.19. The van der Waals surface area contributed by atoms with Crippen molar-refractivity contribution < 1.29 is 0 Å². The summed E-state index contributed by atoms with van der Waals surface area (Å²) in [6.07, 6.45) is 0. The molecule has 0 aliphatic heterocycles. The van der Waals surface area contributed by atoms with Crippen molar-refractivity contribution in [3.8, 4) is 5.95 Å². The highest BCUT2D eigenvalue weighted by Crippen LogP contribution is 2.22. The number of aryl methyl sites for hydroxylation is 1. The number of H-pyrrole nitrogens is 1. The highest BCUT2D eigenvalue weighted by atomic mass is 15.4. The van der Waals surface area contributed by atoms with Gasteiger partial charge in [-0.1, -0.05) is 18.2 Å². The molecule has 0 fully saturated rings. The monoisotopic (exact) mass is 278 g/mol. The van der Waals surface area contributed by atoms with Gasteiger partial charge in [-0.3, -0.25) is 0 Å². The molecular weight excluding hydrogens is 264 g/mol. The number of nitrogens with zero attached hydrogens (tertiary/aromatic N) is 5. The molecular formula is C15H14N6. The first kappa shape index (κ1) is 12.0. The lowest BCUT2D eigenvalue weighted by molar-refractivity contribution is 0.756. The smallest absolute Gasteiger partial charge is 0.272 e. The molecule has 6 heteroatoms. The van der Waals surface area contributed by atoms with Crippen LogP contribution < -0.4 is 0 Å². The van der Waals surface area contributed by atoms with Crippen molar-refractivity contribution in [1.82, 2.24) is 29.9 Å². The summed E-state index contributed by atoms with van der Waals surface area (Å²) < 4.78 is 1.74. The molecule has 0 spiro atoms. The van der Waals surface area contributed by atoms with Crippen LogP contribution in [-0.2, 0) is 0 Å². The van der Waals surface area contributed by atoms with E-state index in [2.05, 4.69) is 25.3 Å². The Hall–Kier alpha value is -2.76. The van der Waals surface area contributed by atoms with E-state index in [0.717, 1.165) is 39.0 Å². The molecule has 0 radical (unpaired) electrons. The van der Waals surface area contributed by atoms with Crippen LogP contribution in [0, 0.1) is 20.8 Å². The van der Waals surface area contributed by atoms with E-state index < -0.39 is 0 Å². The highest BCUT2D eigenvalue weighted by Gasteiger charge is 2.14. The number of nitrogens with one attached hydrogen (secondary N) is 1. The first-order valence-corrected chi connectivity index (χ1v) is 6.79. The van der Waals surface area contributed by atoms with E-state index in [1.54, 1.807) is 4.68 Å². The maximum Gasteiger partial charge on any atom is 0.272 e.